The second kappa shape index (κ2) is 10.0. The Morgan fingerprint density at radius 1 is 0.931 bits per heavy atom. The molecule has 0 spiro atoms. The summed E-state index contributed by atoms with van der Waals surface area (Å²) in [6.07, 6.45) is 1.72. The summed E-state index contributed by atoms with van der Waals surface area (Å²) in [5, 5.41) is 8.97. The van der Waals surface area contributed by atoms with E-state index < -0.39 is 0 Å². The number of carbonyl (C=O) groups excluding carboxylic acids is 2. The number of rotatable bonds is 8. The lowest BCUT2D eigenvalue weighted by Gasteiger charge is -2.07. The van der Waals surface area contributed by atoms with Crippen LogP contribution in [0.5, 0.6) is 5.75 Å². The quantitative estimate of drug-likeness (QED) is 0.449. The van der Waals surface area contributed by atoms with Crippen molar-refractivity contribution >= 4 is 34.5 Å². The number of hydrazone groups is 1. The Bertz CT molecular complexity index is 1010. The Kier molecular flexibility index (Phi) is 6.95. The number of amides is 2. The van der Waals surface area contributed by atoms with Gasteiger partial charge in [0.25, 0.3) is 0 Å². The first-order valence-electron chi connectivity index (χ1n) is 9.47. The number of fused-ring (bicyclic) bond motifs is 1. The number of anilines is 1. The molecule has 148 valence electrons. The first-order valence-corrected chi connectivity index (χ1v) is 9.47. The highest BCUT2D eigenvalue weighted by Gasteiger charge is 2.07. The highest BCUT2D eigenvalue weighted by molar-refractivity contribution is 5.94. The highest BCUT2D eigenvalue weighted by atomic mass is 16.5. The van der Waals surface area contributed by atoms with Crippen LogP contribution in [0.15, 0.2) is 71.8 Å². The summed E-state index contributed by atoms with van der Waals surface area (Å²) in [7, 11) is 0. The van der Waals surface area contributed by atoms with Gasteiger partial charge in [-0.1, -0.05) is 36.4 Å². The van der Waals surface area contributed by atoms with Crippen molar-refractivity contribution in [2.75, 3.05) is 11.9 Å². The molecule has 3 aromatic carbocycles. The minimum absolute atomic E-state index is 0.0535. The molecule has 2 amide bonds. The summed E-state index contributed by atoms with van der Waals surface area (Å²) in [6.45, 7) is 2.50. The van der Waals surface area contributed by atoms with Gasteiger partial charge in [-0.2, -0.15) is 5.10 Å². The molecule has 0 unspecified atom stereocenters. The third-order valence-electron chi connectivity index (χ3n) is 4.20. The zero-order chi connectivity index (χ0) is 20.5. The minimum Gasteiger partial charge on any atom is -0.494 e. The summed E-state index contributed by atoms with van der Waals surface area (Å²) in [5.41, 5.74) is 4.00. The van der Waals surface area contributed by atoms with Crippen molar-refractivity contribution in [3.63, 3.8) is 0 Å². The van der Waals surface area contributed by atoms with Crippen molar-refractivity contribution in [1.29, 1.82) is 0 Å². The van der Waals surface area contributed by atoms with Crippen LogP contribution in [-0.2, 0) is 9.59 Å². The van der Waals surface area contributed by atoms with Crippen molar-refractivity contribution in [3.05, 3.63) is 72.3 Å². The van der Waals surface area contributed by atoms with Gasteiger partial charge in [0.15, 0.2) is 0 Å². The fraction of sp³-hybridized carbons (Fsp3) is 0.174. The molecular formula is C23H23N3O3. The molecular weight excluding hydrogens is 366 g/mol. The van der Waals surface area contributed by atoms with Gasteiger partial charge in [0, 0.05) is 18.5 Å². The monoisotopic (exact) mass is 389 g/mol. The summed E-state index contributed by atoms with van der Waals surface area (Å²) in [5.74, 6) is 0.195. The Hall–Kier alpha value is -3.67. The molecule has 0 bridgehead atoms. The van der Waals surface area contributed by atoms with Crippen LogP contribution in [0, 0.1) is 0 Å². The zero-order valence-electron chi connectivity index (χ0n) is 16.2. The summed E-state index contributed by atoms with van der Waals surface area (Å²) in [6, 6.07) is 21.0. The van der Waals surface area contributed by atoms with E-state index in [0.717, 1.165) is 22.1 Å². The fourth-order valence-electron chi connectivity index (χ4n) is 2.77. The van der Waals surface area contributed by atoms with E-state index >= 15 is 0 Å². The van der Waals surface area contributed by atoms with Crippen molar-refractivity contribution in [2.24, 2.45) is 5.10 Å². The van der Waals surface area contributed by atoms with Crippen LogP contribution in [-0.4, -0.2) is 24.6 Å². The smallest absolute Gasteiger partial charge is 0.240 e. The molecule has 6 nitrogen and oxygen atoms in total. The van der Waals surface area contributed by atoms with E-state index in [0.29, 0.717) is 12.3 Å². The lowest BCUT2D eigenvalue weighted by atomic mass is 10.1. The fourth-order valence-corrected chi connectivity index (χ4v) is 2.77. The minimum atomic E-state index is -0.316. The molecule has 3 aromatic rings. The second-order valence-corrected chi connectivity index (χ2v) is 6.41. The summed E-state index contributed by atoms with van der Waals surface area (Å²) >= 11 is 0. The Labute approximate surface area is 169 Å². The van der Waals surface area contributed by atoms with Crippen LogP contribution < -0.4 is 15.5 Å². The largest absolute Gasteiger partial charge is 0.494 e. The van der Waals surface area contributed by atoms with E-state index in [-0.39, 0.29) is 24.7 Å². The van der Waals surface area contributed by atoms with Gasteiger partial charge in [0.05, 0.1) is 12.8 Å². The zero-order valence-corrected chi connectivity index (χ0v) is 16.2. The molecule has 0 aliphatic carbocycles. The third kappa shape index (κ3) is 6.17. The highest BCUT2D eigenvalue weighted by Crippen LogP contribution is 2.16. The SMILES string of the molecule is CCOc1ccc(NC(=O)CCC(=O)NN=Cc2ccc3ccccc3c2)cc1. The molecule has 0 atom stereocenters. The molecule has 2 N–H and O–H groups in total. The number of benzene rings is 3. The van der Waals surface area contributed by atoms with E-state index in [2.05, 4.69) is 15.8 Å². The molecule has 6 heteroatoms. The number of hydrogen-bond acceptors (Lipinski definition) is 4. The molecule has 0 fully saturated rings. The average Bonchev–Trinajstić information content (AvgIpc) is 2.74. The molecule has 0 saturated carbocycles. The number of nitrogens with zero attached hydrogens (tertiary/aromatic N) is 1. The van der Waals surface area contributed by atoms with Crippen LogP contribution in [0.1, 0.15) is 25.3 Å². The summed E-state index contributed by atoms with van der Waals surface area (Å²) in [4.78, 5) is 23.9. The topological polar surface area (TPSA) is 79.8 Å². The standard InChI is InChI=1S/C23H23N3O3/c1-2-29-21-11-9-20(10-12-21)25-22(27)13-14-23(28)26-24-16-17-7-8-18-5-3-4-6-19(18)15-17/h3-12,15-16H,2,13-14H2,1H3,(H,25,27)(H,26,28). The van der Waals surface area contributed by atoms with Gasteiger partial charge < -0.3 is 10.1 Å². The number of nitrogens with one attached hydrogen (secondary N) is 2. The molecule has 0 radical (unpaired) electrons. The van der Waals surface area contributed by atoms with Crippen LogP contribution in [0.25, 0.3) is 10.8 Å². The van der Waals surface area contributed by atoms with Gasteiger partial charge in [-0.15, -0.1) is 0 Å². The Morgan fingerprint density at radius 2 is 1.66 bits per heavy atom. The lowest BCUT2D eigenvalue weighted by Crippen LogP contribution is -2.20. The van der Waals surface area contributed by atoms with Gasteiger partial charge in [-0.05, 0) is 53.6 Å². The molecule has 0 aliphatic heterocycles. The molecule has 0 aromatic heterocycles. The maximum absolute atomic E-state index is 12.0. The van der Waals surface area contributed by atoms with E-state index in [9.17, 15) is 9.59 Å². The van der Waals surface area contributed by atoms with E-state index in [1.165, 1.54) is 0 Å². The maximum Gasteiger partial charge on any atom is 0.240 e. The van der Waals surface area contributed by atoms with Crippen LogP contribution in [0.3, 0.4) is 0 Å². The van der Waals surface area contributed by atoms with Crippen molar-refractivity contribution in [3.8, 4) is 5.75 Å². The van der Waals surface area contributed by atoms with Crippen molar-refractivity contribution in [2.45, 2.75) is 19.8 Å². The van der Waals surface area contributed by atoms with Crippen molar-refractivity contribution in [1.82, 2.24) is 5.43 Å². The lowest BCUT2D eigenvalue weighted by molar-refractivity contribution is -0.124. The van der Waals surface area contributed by atoms with Crippen LogP contribution in [0.2, 0.25) is 0 Å². The number of hydrogen-bond donors (Lipinski definition) is 2. The predicted molar refractivity (Wildman–Crippen MR) is 115 cm³/mol. The normalized spacial score (nSPS) is 10.8. The number of ether oxygens (including phenoxy) is 1. The van der Waals surface area contributed by atoms with Gasteiger partial charge in [0.2, 0.25) is 11.8 Å². The van der Waals surface area contributed by atoms with Crippen molar-refractivity contribution < 1.29 is 14.3 Å². The van der Waals surface area contributed by atoms with Crippen LogP contribution >= 0.6 is 0 Å². The van der Waals surface area contributed by atoms with Gasteiger partial charge in [-0.3, -0.25) is 9.59 Å². The summed E-state index contributed by atoms with van der Waals surface area (Å²) < 4.78 is 5.36. The molecule has 29 heavy (non-hydrogen) atoms. The second-order valence-electron chi connectivity index (χ2n) is 6.41. The molecule has 0 heterocycles. The van der Waals surface area contributed by atoms with E-state index in [4.69, 9.17) is 4.74 Å². The van der Waals surface area contributed by atoms with E-state index in [1.54, 1.807) is 30.5 Å². The molecule has 0 aliphatic rings. The van der Waals surface area contributed by atoms with Gasteiger partial charge >= 0.3 is 0 Å². The first kappa shape index (κ1) is 20.1. The Morgan fingerprint density at radius 3 is 2.41 bits per heavy atom. The van der Waals surface area contributed by atoms with Gasteiger partial charge in [0.1, 0.15) is 5.75 Å². The first-order chi connectivity index (χ1) is 14.1. The van der Waals surface area contributed by atoms with Crippen LogP contribution in [0.4, 0.5) is 5.69 Å². The van der Waals surface area contributed by atoms with E-state index in [1.807, 2.05) is 49.4 Å². The maximum atomic E-state index is 12.0. The predicted octanol–water partition coefficient (Wildman–Crippen LogP) is 4.11. The molecule has 3 rings (SSSR count). The number of carbonyl (C=O) groups is 2. The average molecular weight is 389 g/mol. The van der Waals surface area contributed by atoms with Gasteiger partial charge in [-0.25, -0.2) is 5.43 Å². The third-order valence-corrected chi connectivity index (χ3v) is 4.20. The molecule has 0 saturated heterocycles. The Balaban J connectivity index is 1.42.